The number of phenolic OH excluding ortho intramolecular Hbond substituents is 2. The van der Waals surface area contributed by atoms with Crippen LogP contribution in [0.25, 0.3) is 0 Å². The van der Waals surface area contributed by atoms with Crippen LogP contribution in [0.2, 0.25) is 0 Å². The molecule has 2 rings (SSSR count). The Labute approximate surface area is 96.5 Å². The molecule has 6 heteroatoms. The molecule has 0 saturated carbocycles. The summed E-state index contributed by atoms with van der Waals surface area (Å²) in [6.07, 6.45) is 0. The van der Waals surface area contributed by atoms with Crippen LogP contribution < -0.4 is 5.32 Å². The van der Waals surface area contributed by atoms with Gasteiger partial charge in [-0.2, -0.15) is 0 Å². The monoisotopic (exact) mass is 234 g/mol. The van der Waals surface area contributed by atoms with Crippen LogP contribution in [-0.4, -0.2) is 21.3 Å². The molecular weight excluding hydrogens is 224 g/mol. The molecule has 2 aromatic rings. The van der Waals surface area contributed by atoms with E-state index < -0.39 is 5.91 Å². The van der Waals surface area contributed by atoms with Crippen LogP contribution in [0.1, 0.15) is 16.1 Å². The van der Waals surface area contributed by atoms with Gasteiger partial charge in [0.05, 0.1) is 5.69 Å². The molecule has 0 aliphatic carbocycles. The number of nitrogens with one attached hydrogen (secondary N) is 1. The second-order valence-electron chi connectivity index (χ2n) is 3.52. The lowest BCUT2D eigenvalue weighted by Crippen LogP contribution is -2.11. The third kappa shape index (κ3) is 2.54. The molecule has 0 aliphatic rings. The molecule has 0 aliphatic heterocycles. The SMILES string of the molecule is Cc1cc(NC(=O)c2cc(O)cc(O)c2)on1. The van der Waals surface area contributed by atoms with E-state index in [9.17, 15) is 15.0 Å². The van der Waals surface area contributed by atoms with Gasteiger partial charge in [-0.3, -0.25) is 10.1 Å². The molecule has 0 atom stereocenters. The summed E-state index contributed by atoms with van der Waals surface area (Å²) in [5.74, 6) is -0.685. The van der Waals surface area contributed by atoms with E-state index in [0.29, 0.717) is 5.69 Å². The van der Waals surface area contributed by atoms with Crippen LogP contribution >= 0.6 is 0 Å². The molecule has 1 aromatic carbocycles. The molecule has 0 bridgehead atoms. The van der Waals surface area contributed by atoms with Gasteiger partial charge in [-0.15, -0.1) is 0 Å². The lowest BCUT2D eigenvalue weighted by molar-refractivity contribution is 0.102. The molecule has 1 amide bonds. The van der Waals surface area contributed by atoms with Gasteiger partial charge in [0.2, 0.25) is 5.88 Å². The van der Waals surface area contributed by atoms with Gasteiger partial charge < -0.3 is 14.7 Å². The summed E-state index contributed by atoms with van der Waals surface area (Å²) in [5.41, 5.74) is 0.760. The predicted molar refractivity (Wildman–Crippen MR) is 59.0 cm³/mol. The first-order chi connectivity index (χ1) is 8.04. The Morgan fingerprint density at radius 3 is 2.41 bits per heavy atom. The van der Waals surface area contributed by atoms with Crippen LogP contribution in [0.5, 0.6) is 11.5 Å². The highest BCUT2D eigenvalue weighted by Crippen LogP contribution is 2.21. The van der Waals surface area contributed by atoms with E-state index in [0.717, 1.165) is 6.07 Å². The van der Waals surface area contributed by atoms with Crippen molar-refractivity contribution in [2.24, 2.45) is 0 Å². The Bertz CT molecular complexity index is 542. The highest BCUT2D eigenvalue weighted by molar-refractivity contribution is 6.04. The van der Waals surface area contributed by atoms with Gasteiger partial charge in [0.25, 0.3) is 5.91 Å². The minimum atomic E-state index is -0.507. The summed E-state index contributed by atoms with van der Waals surface area (Å²) < 4.78 is 4.81. The van der Waals surface area contributed by atoms with Gasteiger partial charge in [-0.25, -0.2) is 0 Å². The second-order valence-corrected chi connectivity index (χ2v) is 3.52. The molecule has 6 nitrogen and oxygen atoms in total. The van der Waals surface area contributed by atoms with E-state index in [4.69, 9.17) is 4.52 Å². The molecule has 17 heavy (non-hydrogen) atoms. The van der Waals surface area contributed by atoms with E-state index in [1.807, 2.05) is 0 Å². The van der Waals surface area contributed by atoms with Crippen LogP contribution in [-0.2, 0) is 0 Å². The number of aromatic hydroxyl groups is 2. The van der Waals surface area contributed by atoms with Crippen molar-refractivity contribution < 1.29 is 19.5 Å². The molecule has 0 fully saturated rings. The standard InChI is InChI=1S/C11H10N2O4/c1-6-2-10(17-13-6)12-11(16)7-3-8(14)5-9(15)4-7/h2-5,14-15H,1H3,(H,12,16). The third-order valence-electron chi connectivity index (χ3n) is 2.03. The lowest BCUT2D eigenvalue weighted by Gasteiger charge is -2.02. The molecule has 1 heterocycles. The topological polar surface area (TPSA) is 95.6 Å². The summed E-state index contributed by atoms with van der Waals surface area (Å²) in [6, 6.07) is 5.16. The number of carbonyl (C=O) groups excluding carboxylic acids is 1. The van der Waals surface area contributed by atoms with Crippen molar-refractivity contribution in [3.05, 3.63) is 35.5 Å². The minimum absolute atomic E-state index is 0.122. The number of anilines is 1. The number of carbonyl (C=O) groups is 1. The molecule has 88 valence electrons. The smallest absolute Gasteiger partial charge is 0.258 e. The Kier molecular flexibility index (Phi) is 2.70. The Morgan fingerprint density at radius 1 is 1.24 bits per heavy atom. The zero-order valence-electron chi connectivity index (χ0n) is 8.97. The molecule has 0 unspecified atom stereocenters. The average Bonchev–Trinajstić information content (AvgIpc) is 2.62. The fourth-order valence-corrected chi connectivity index (χ4v) is 1.33. The van der Waals surface area contributed by atoms with Gasteiger partial charge in [0, 0.05) is 17.7 Å². The van der Waals surface area contributed by atoms with Gasteiger partial charge >= 0.3 is 0 Å². The summed E-state index contributed by atoms with van der Waals surface area (Å²) in [4.78, 5) is 11.7. The normalized spacial score (nSPS) is 10.2. The maximum absolute atomic E-state index is 11.7. The van der Waals surface area contributed by atoms with Gasteiger partial charge in [0.15, 0.2) is 0 Å². The van der Waals surface area contributed by atoms with Crippen LogP contribution in [0.4, 0.5) is 5.88 Å². The molecule has 1 aromatic heterocycles. The number of hydrogen-bond donors (Lipinski definition) is 3. The van der Waals surface area contributed by atoms with Crippen LogP contribution in [0.3, 0.4) is 0 Å². The van der Waals surface area contributed by atoms with Crippen molar-refractivity contribution in [2.75, 3.05) is 5.32 Å². The summed E-state index contributed by atoms with van der Waals surface area (Å²) >= 11 is 0. The zero-order valence-corrected chi connectivity index (χ0v) is 8.97. The largest absolute Gasteiger partial charge is 0.508 e. The second kappa shape index (κ2) is 4.17. The van der Waals surface area contributed by atoms with E-state index in [1.54, 1.807) is 13.0 Å². The van der Waals surface area contributed by atoms with Crippen molar-refractivity contribution in [2.45, 2.75) is 6.92 Å². The minimum Gasteiger partial charge on any atom is -0.508 e. The first kappa shape index (κ1) is 11.0. The highest BCUT2D eigenvalue weighted by Gasteiger charge is 2.11. The van der Waals surface area contributed by atoms with Crippen molar-refractivity contribution in [3.8, 4) is 11.5 Å². The Balaban J connectivity index is 2.19. The summed E-state index contributed by atoms with van der Waals surface area (Å²) in [5, 5.41) is 24.5. The number of rotatable bonds is 2. The van der Waals surface area contributed by atoms with E-state index in [2.05, 4.69) is 10.5 Å². The van der Waals surface area contributed by atoms with Crippen molar-refractivity contribution >= 4 is 11.8 Å². The molecule has 0 radical (unpaired) electrons. The quantitative estimate of drug-likeness (QED) is 0.734. The molecular formula is C11H10N2O4. The number of aryl methyl sites for hydroxylation is 1. The van der Waals surface area contributed by atoms with Gasteiger partial charge in [-0.05, 0) is 19.1 Å². The number of aromatic nitrogens is 1. The average molecular weight is 234 g/mol. The number of hydrogen-bond acceptors (Lipinski definition) is 5. The first-order valence-corrected chi connectivity index (χ1v) is 4.82. The predicted octanol–water partition coefficient (Wildman–Crippen LogP) is 1.65. The lowest BCUT2D eigenvalue weighted by atomic mass is 10.2. The van der Waals surface area contributed by atoms with E-state index in [-0.39, 0.29) is 22.9 Å². The molecule has 3 N–H and O–H groups in total. The number of benzene rings is 1. The Hall–Kier alpha value is -2.50. The van der Waals surface area contributed by atoms with Crippen LogP contribution in [0.15, 0.2) is 28.8 Å². The number of phenols is 2. The summed E-state index contributed by atoms with van der Waals surface area (Å²) in [6.45, 7) is 1.72. The maximum atomic E-state index is 11.7. The first-order valence-electron chi connectivity index (χ1n) is 4.82. The van der Waals surface area contributed by atoms with Crippen molar-refractivity contribution in [1.29, 1.82) is 0 Å². The van der Waals surface area contributed by atoms with Crippen molar-refractivity contribution in [3.63, 3.8) is 0 Å². The Morgan fingerprint density at radius 2 is 1.88 bits per heavy atom. The van der Waals surface area contributed by atoms with Gasteiger partial charge in [0.1, 0.15) is 11.5 Å². The third-order valence-corrected chi connectivity index (χ3v) is 2.03. The molecule has 0 saturated heterocycles. The summed E-state index contributed by atoms with van der Waals surface area (Å²) in [7, 11) is 0. The molecule has 0 spiro atoms. The van der Waals surface area contributed by atoms with Crippen LogP contribution in [0, 0.1) is 6.92 Å². The maximum Gasteiger partial charge on any atom is 0.258 e. The van der Waals surface area contributed by atoms with Crippen molar-refractivity contribution in [1.82, 2.24) is 5.16 Å². The van der Waals surface area contributed by atoms with Gasteiger partial charge in [-0.1, -0.05) is 5.16 Å². The highest BCUT2D eigenvalue weighted by atomic mass is 16.5. The fourth-order valence-electron chi connectivity index (χ4n) is 1.33. The van der Waals surface area contributed by atoms with E-state index >= 15 is 0 Å². The fraction of sp³-hybridized carbons (Fsp3) is 0.0909. The van der Waals surface area contributed by atoms with E-state index in [1.165, 1.54) is 12.1 Å². The number of nitrogens with zero attached hydrogens (tertiary/aromatic N) is 1. The zero-order chi connectivity index (χ0) is 12.4. The number of amides is 1.